The topological polar surface area (TPSA) is 66.5 Å². The summed E-state index contributed by atoms with van der Waals surface area (Å²) in [5.74, 6) is 0.500. The third-order valence-electron chi connectivity index (χ3n) is 1.53. The lowest BCUT2D eigenvalue weighted by Crippen LogP contribution is -2.14. The van der Waals surface area contributed by atoms with Crippen LogP contribution in [0.25, 0.3) is 0 Å². The van der Waals surface area contributed by atoms with Crippen LogP contribution in [0.1, 0.15) is 0 Å². The molecular formula is C9H13NO2S. The minimum Gasteiger partial charge on any atom is -0.399 e. The maximum atomic E-state index is 9.08. The lowest BCUT2D eigenvalue weighted by molar-refractivity contribution is 0.113. The molecule has 0 aromatic heterocycles. The van der Waals surface area contributed by atoms with Crippen LogP contribution in [0.5, 0.6) is 0 Å². The highest BCUT2D eigenvalue weighted by atomic mass is 32.2. The average molecular weight is 199 g/mol. The Balaban J connectivity index is 2.41. The van der Waals surface area contributed by atoms with Gasteiger partial charge in [-0.1, -0.05) is 0 Å². The quantitative estimate of drug-likeness (QED) is 0.493. The molecule has 1 aromatic rings. The third-order valence-corrected chi connectivity index (χ3v) is 2.69. The van der Waals surface area contributed by atoms with Crippen molar-refractivity contribution in [3.05, 3.63) is 24.3 Å². The molecule has 0 amide bonds. The molecule has 0 spiro atoms. The van der Waals surface area contributed by atoms with Gasteiger partial charge in [-0.15, -0.1) is 11.8 Å². The fourth-order valence-electron chi connectivity index (χ4n) is 0.809. The fourth-order valence-corrected chi connectivity index (χ4v) is 1.63. The zero-order chi connectivity index (χ0) is 9.68. The first-order valence-electron chi connectivity index (χ1n) is 3.99. The Bertz CT molecular complexity index is 250. The van der Waals surface area contributed by atoms with Crippen LogP contribution in [0.4, 0.5) is 5.69 Å². The summed E-state index contributed by atoms with van der Waals surface area (Å²) in [7, 11) is 0. The SMILES string of the molecule is Nc1ccc(SCC(O)CO)cc1. The van der Waals surface area contributed by atoms with E-state index in [4.69, 9.17) is 15.9 Å². The molecule has 0 heterocycles. The first-order valence-corrected chi connectivity index (χ1v) is 4.98. The van der Waals surface area contributed by atoms with Crippen molar-refractivity contribution in [3.63, 3.8) is 0 Å². The summed E-state index contributed by atoms with van der Waals surface area (Å²) < 4.78 is 0. The van der Waals surface area contributed by atoms with Gasteiger partial charge in [0.25, 0.3) is 0 Å². The summed E-state index contributed by atoms with van der Waals surface area (Å²) in [4.78, 5) is 1.04. The zero-order valence-electron chi connectivity index (χ0n) is 7.18. The van der Waals surface area contributed by atoms with E-state index in [1.165, 1.54) is 11.8 Å². The summed E-state index contributed by atoms with van der Waals surface area (Å²) in [6.07, 6.45) is -0.650. The second kappa shape index (κ2) is 5.11. The van der Waals surface area contributed by atoms with Crippen molar-refractivity contribution in [2.45, 2.75) is 11.0 Å². The van der Waals surface area contributed by atoms with Gasteiger partial charge in [-0.3, -0.25) is 0 Å². The number of hydrogen-bond acceptors (Lipinski definition) is 4. The first-order chi connectivity index (χ1) is 6.22. The zero-order valence-corrected chi connectivity index (χ0v) is 8.00. The summed E-state index contributed by atoms with van der Waals surface area (Å²) in [5, 5.41) is 17.7. The Morgan fingerprint density at radius 2 is 1.92 bits per heavy atom. The molecule has 1 aromatic carbocycles. The minimum atomic E-state index is -0.650. The van der Waals surface area contributed by atoms with Crippen molar-refractivity contribution in [2.24, 2.45) is 0 Å². The first kappa shape index (κ1) is 10.4. The van der Waals surface area contributed by atoms with E-state index in [0.717, 1.165) is 10.6 Å². The summed E-state index contributed by atoms with van der Waals surface area (Å²) in [6.45, 7) is -0.192. The molecule has 1 rings (SSSR count). The van der Waals surface area contributed by atoms with E-state index in [-0.39, 0.29) is 6.61 Å². The summed E-state index contributed by atoms with van der Waals surface area (Å²) in [5.41, 5.74) is 6.24. The summed E-state index contributed by atoms with van der Waals surface area (Å²) in [6, 6.07) is 7.41. The Hall–Kier alpha value is -0.710. The van der Waals surface area contributed by atoms with E-state index in [1.807, 2.05) is 24.3 Å². The van der Waals surface area contributed by atoms with Gasteiger partial charge in [0.15, 0.2) is 0 Å². The fraction of sp³-hybridized carbons (Fsp3) is 0.333. The highest BCUT2D eigenvalue weighted by Gasteiger charge is 2.02. The van der Waals surface area contributed by atoms with Crippen LogP contribution < -0.4 is 5.73 Å². The van der Waals surface area contributed by atoms with Gasteiger partial charge < -0.3 is 15.9 Å². The molecule has 0 fully saturated rings. The van der Waals surface area contributed by atoms with Gasteiger partial charge in [0, 0.05) is 16.3 Å². The van der Waals surface area contributed by atoms with Gasteiger partial charge in [-0.05, 0) is 24.3 Å². The highest BCUT2D eigenvalue weighted by molar-refractivity contribution is 7.99. The number of nitrogens with two attached hydrogens (primary N) is 1. The Morgan fingerprint density at radius 3 is 2.46 bits per heavy atom. The molecule has 1 atom stereocenters. The number of benzene rings is 1. The lowest BCUT2D eigenvalue weighted by Gasteiger charge is -2.06. The van der Waals surface area contributed by atoms with Crippen molar-refractivity contribution in [1.29, 1.82) is 0 Å². The average Bonchev–Trinajstić information content (AvgIpc) is 2.16. The third kappa shape index (κ3) is 3.67. The van der Waals surface area contributed by atoms with E-state index in [2.05, 4.69) is 0 Å². The number of rotatable bonds is 4. The second-order valence-electron chi connectivity index (χ2n) is 2.72. The Morgan fingerprint density at radius 1 is 1.31 bits per heavy atom. The van der Waals surface area contributed by atoms with Crippen molar-refractivity contribution in [1.82, 2.24) is 0 Å². The number of aliphatic hydroxyl groups is 2. The molecule has 3 nitrogen and oxygen atoms in total. The minimum absolute atomic E-state index is 0.192. The van der Waals surface area contributed by atoms with Gasteiger partial charge >= 0.3 is 0 Å². The predicted octanol–water partition coefficient (Wildman–Crippen LogP) is 0.714. The number of hydrogen-bond donors (Lipinski definition) is 3. The normalized spacial score (nSPS) is 12.8. The van der Waals surface area contributed by atoms with Crippen molar-refractivity contribution < 1.29 is 10.2 Å². The van der Waals surface area contributed by atoms with E-state index >= 15 is 0 Å². The van der Waals surface area contributed by atoms with Crippen molar-refractivity contribution in [2.75, 3.05) is 18.1 Å². The maximum Gasteiger partial charge on any atom is 0.0864 e. The molecule has 0 radical (unpaired) electrons. The van der Waals surface area contributed by atoms with Gasteiger partial charge in [-0.2, -0.15) is 0 Å². The van der Waals surface area contributed by atoms with Gasteiger partial charge in [0.2, 0.25) is 0 Å². The van der Waals surface area contributed by atoms with Crippen LogP contribution in [0.3, 0.4) is 0 Å². The van der Waals surface area contributed by atoms with Crippen LogP contribution in [-0.4, -0.2) is 28.7 Å². The maximum absolute atomic E-state index is 9.08. The van der Waals surface area contributed by atoms with Crippen LogP contribution in [0.15, 0.2) is 29.2 Å². The molecule has 13 heavy (non-hydrogen) atoms. The molecule has 72 valence electrons. The van der Waals surface area contributed by atoms with Crippen LogP contribution in [0, 0.1) is 0 Å². The molecule has 0 bridgehead atoms. The van der Waals surface area contributed by atoms with E-state index < -0.39 is 6.10 Å². The molecule has 0 saturated heterocycles. The van der Waals surface area contributed by atoms with Crippen LogP contribution in [0.2, 0.25) is 0 Å². The standard InChI is InChI=1S/C9H13NO2S/c10-7-1-3-9(4-2-7)13-6-8(12)5-11/h1-4,8,11-12H,5-6,10H2. The molecule has 0 aliphatic rings. The largest absolute Gasteiger partial charge is 0.399 e. The van der Waals surface area contributed by atoms with E-state index in [1.54, 1.807) is 0 Å². The number of aliphatic hydroxyl groups excluding tert-OH is 2. The van der Waals surface area contributed by atoms with Gasteiger partial charge in [-0.25, -0.2) is 0 Å². The van der Waals surface area contributed by atoms with E-state index in [9.17, 15) is 0 Å². The number of nitrogen functional groups attached to an aromatic ring is 1. The van der Waals surface area contributed by atoms with Crippen LogP contribution in [-0.2, 0) is 0 Å². The summed E-state index contributed by atoms with van der Waals surface area (Å²) >= 11 is 1.50. The Kier molecular flexibility index (Phi) is 4.08. The van der Waals surface area contributed by atoms with Gasteiger partial charge in [0.05, 0.1) is 12.7 Å². The predicted molar refractivity (Wildman–Crippen MR) is 54.7 cm³/mol. The molecule has 0 aliphatic heterocycles. The van der Waals surface area contributed by atoms with Gasteiger partial charge in [0.1, 0.15) is 0 Å². The van der Waals surface area contributed by atoms with Crippen LogP contribution >= 0.6 is 11.8 Å². The second-order valence-corrected chi connectivity index (χ2v) is 3.81. The molecule has 1 unspecified atom stereocenters. The molecule has 4 heteroatoms. The smallest absolute Gasteiger partial charge is 0.0864 e. The van der Waals surface area contributed by atoms with Crippen molar-refractivity contribution in [3.8, 4) is 0 Å². The highest BCUT2D eigenvalue weighted by Crippen LogP contribution is 2.19. The monoisotopic (exact) mass is 199 g/mol. The van der Waals surface area contributed by atoms with Crippen molar-refractivity contribution >= 4 is 17.4 Å². The number of anilines is 1. The number of thioether (sulfide) groups is 1. The molecular weight excluding hydrogens is 186 g/mol. The molecule has 4 N–H and O–H groups in total. The Labute approximate surface area is 81.6 Å². The molecule has 0 saturated carbocycles. The lowest BCUT2D eigenvalue weighted by atomic mass is 10.3. The molecule has 0 aliphatic carbocycles. The van der Waals surface area contributed by atoms with E-state index in [0.29, 0.717) is 5.75 Å².